The predicted molar refractivity (Wildman–Crippen MR) is 54.9 cm³/mol. The van der Waals surface area contributed by atoms with E-state index in [1.54, 1.807) is 0 Å². The fourth-order valence-electron chi connectivity index (χ4n) is 0.739. The van der Waals surface area contributed by atoms with Crippen LogP contribution in [0.15, 0.2) is 34.8 Å². The molecular weight excluding hydrogens is 212 g/mol. The van der Waals surface area contributed by atoms with Crippen molar-refractivity contribution in [2.45, 2.75) is 19.2 Å². The summed E-state index contributed by atoms with van der Waals surface area (Å²) in [5.41, 5.74) is 0.163. The van der Waals surface area contributed by atoms with Gasteiger partial charge in [-0.15, -0.1) is 0 Å². The summed E-state index contributed by atoms with van der Waals surface area (Å²) in [5, 5.41) is 0. The average molecular weight is 222 g/mol. The number of nitrogens with zero attached hydrogens (tertiary/aromatic N) is 2. The van der Waals surface area contributed by atoms with Crippen LogP contribution in [0.3, 0.4) is 0 Å². The van der Waals surface area contributed by atoms with Gasteiger partial charge in [0.05, 0.1) is 0 Å². The molecule has 1 unspecified atom stereocenters. The van der Waals surface area contributed by atoms with Gasteiger partial charge in [0.25, 0.3) is 0 Å². The van der Waals surface area contributed by atoms with Crippen LogP contribution < -0.4 is 0 Å². The van der Waals surface area contributed by atoms with Gasteiger partial charge in [0, 0.05) is 5.57 Å². The Kier molecular flexibility index (Phi) is 6.05. The van der Waals surface area contributed by atoms with Crippen molar-refractivity contribution >= 4 is 18.1 Å². The van der Waals surface area contributed by atoms with E-state index in [4.69, 9.17) is 4.74 Å². The Labute approximate surface area is 92.0 Å². The molecule has 0 spiro atoms. The minimum atomic E-state index is -1.21. The Morgan fingerprint density at radius 1 is 1.38 bits per heavy atom. The highest BCUT2D eigenvalue weighted by molar-refractivity contribution is 5.87. The topological polar surface area (TPSA) is 85.2 Å². The second kappa shape index (κ2) is 7.06. The fraction of sp³-hybridized carbons (Fsp3) is 0.300. The monoisotopic (exact) mass is 222 g/mol. The normalized spacial score (nSPS) is 12.3. The molecule has 0 bridgehead atoms. The molecule has 0 aromatic rings. The second-order valence-corrected chi connectivity index (χ2v) is 2.74. The molecule has 0 aliphatic heterocycles. The lowest BCUT2D eigenvalue weighted by molar-refractivity contribution is -0.142. The molecular formula is C10H10N2O4. The van der Waals surface area contributed by atoms with Crippen LogP contribution in [0.25, 0.3) is 0 Å². The summed E-state index contributed by atoms with van der Waals surface area (Å²) in [6, 6.07) is 0. The van der Waals surface area contributed by atoms with Gasteiger partial charge in [-0.05, 0) is 13.0 Å². The number of aliphatic imine (C=N–C) groups is 2. The van der Waals surface area contributed by atoms with E-state index in [9.17, 15) is 14.4 Å². The number of carbonyl (C=O) groups is 1. The van der Waals surface area contributed by atoms with Crippen LogP contribution in [-0.2, 0) is 19.1 Å². The van der Waals surface area contributed by atoms with Crippen molar-refractivity contribution in [3.8, 4) is 0 Å². The van der Waals surface area contributed by atoms with E-state index < -0.39 is 18.2 Å². The SMILES string of the molecule is C=CC(OC(=O)C(=C)C)C(N=C=O)N=C=O. The number of isocyanates is 2. The third-order valence-corrected chi connectivity index (χ3v) is 1.49. The van der Waals surface area contributed by atoms with E-state index in [-0.39, 0.29) is 5.57 Å². The zero-order valence-corrected chi connectivity index (χ0v) is 8.67. The van der Waals surface area contributed by atoms with Crippen LogP contribution in [-0.4, -0.2) is 30.4 Å². The number of ether oxygens (including phenoxy) is 1. The first kappa shape index (κ1) is 13.7. The second-order valence-electron chi connectivity index (χ2n) is 2.74. The van der Waals surface area contributed by atoms with Crippen molar-refractivity contribution in [2.24, 2.45) is 9.98 Å². The Hall–Kier alpha value is -2.29. The van der Waals surface area contributed by atoms with Gasteiger partial charge < -0.3 is 4.74 Å². The Morgan fingerprint density at radius 3 is 2.19 bits per heavy atom. The molecule has 0 saturated heterocycles. The fourth-order valence-corrected chi connectivity index (χ4v) is 0.739. The van der Waals surface area contributed by atoms with Crippen molar-refractivity contribution in [3.63, 3.8) is 0 Å². The van der Waals surface area contributed by atoms with E-state index >= 15 is 0 Å². The maximum atomic E-state index is 11.2. The largest absolute Gasteiger partial charge is 0.450 e. The summed E-state index contributed by atoms with van der Waals surface area (Å²) in [4.78, 5) is 37.7. The highest BCUT2D eigenvalue weighted by Gasteiger charge is 2.21. The smallest absolute Gasteiger partial charge is 0.333 e. The van der Waals surface area contributed by atoms with Crippen molar-refractivity contribution in [3.05, 3.63) is 24.8 Å². The van der Waals surface area contributed by atoms with Crippen LogP contribution >= 0.6 is 0 Å². The molecule has 0 radical (unpaired) electrons. The maximum Gasteiger partial charge on any atom is 0.333 e. The van der Waals surface area contributed by atoms with Gasteiger partial charge in [-0.2, -0.15) is 9.98 Å². The average Bonchev–Trinajstić information content (AvgIpc) is 2.25. The lowest BCUT2D eigenvalue weighted by atomic mass is 10.2. The predicted octanol–water partition coefficient (Wildman–Crippen LogP) is 0.658. The molecule has 1 atom stereocenters. The lowest BCUT2D eigenvalue weighted by Gasteiger charge is -2.15. The molecule has 0 N–H and O–H groups in total. The third kappa shape index (κ3) is 4.28. The van der Waals surface area contributed by atoms with E-state index in [0.29, 0.717) is 0 Å². The van der Waals surface area contributed by atoms with E-state index in [1.165, 1.54) is 25.2 Å². The molecule has 84 valence electrons. The van der Waals surface area contributed by atoms with Crippen LogP contribution in [0.2, 0.25) is 0 Å². The summed E-state index contributed by atoms with van der Waals surface area (Å²) in [6.45, 7) is 8.19. The highest BCUT2D eigenvalue weighted by Crippen LogP contribution is 2.08. The van der Waals surface area contributed by atoms with E-state index in [0.717, 1.165) is 0 Å². The molecule has 0 rings (SSSR count). The molecule has 0 amide bonds. The minimum absolute atomic E-state index is 0.163. The lowest BCUT2D eigenvalue weighted by Crippen LogP contribution is -2.27. The van der Waals surface area contributed by atoms with Gasteiger partial charge in [0.1, 0.15) is 0 Å². The Balaban J connectivity index is 4.87. The van der Waals surface area contributed by atoms with Gasteiger partial charge in [-0.3, -0.25) is 0 Å². The van der Waals surface area contributed by atoms with Gasteiger partial charge >= 0.3 is 5.97 Å². The van der Waals surface area contributed by atoms with Crippen LogP contribution in [0.1, 0.15) is 6.92 Å². The summed E-state index contributed by atoms with van der Waals surface area (Å²) in [5.74, 6) is -0.697. The van der Waals surface area contributed by atoms with Crippen LogP contribution in [0.5, 0.6) is 0 Å². The first-order valence-electron chi connectivity index (χ1n) is 4.19. The minimum Gasteiger partial charge on any atom is -0.450 e. The molecule has 16 heavy (non-hydrogen) atoms. The molecule has 6 nitrogen and oxygen atoms in total. The standard InChI is InChI=1S/C10H10N2O4/c1-4-8(16-10(15)7(2)3)9(11-5-13)12-6-14/h4,8-9H,1-2H2,3H3. The molecule has 0 fully saturated rings. The first-order valence-corrected chi connectivity index (χ1v) is 4.19. The molecule has 0 aliphatic rings. The quantitative estimate of drug-likeness (QED) is 0.217. The van der Waals surface area contributed by atoms with Gasteiger partial charge in [-0.25, -0.2) is 14.4 Å². The van der Waals surface area contributed by atoms with Crippen molar-refractivity contribution in [1.82, 2.24) is 0 Å². The molecule has 0 heterocycles. The number of hydrogen-bond acceptors (Lipinski definition) is 6. The highest BCUT2D eigenvalue weighted by atomic mass is 16.5. The molecule has 0 aromatic carbocycles. The van der Waals surface area contributed by atoms with Crippen molar-refractivity contribution < 1.29 is 19.1 Å². The van der Waals surface area contributed by atoms with Gasteiger partial charge in [-0.1, -0.05) is 13.2 Å². The van der Waals surface area contributed by atoms with Gasteiger partial charge in [0.15, 0.2) is 6.10 Å². The number of esters is 1. The zero-order chi connectivity index (χ0) is 12.6. The molecule has 0 aliphatic carbocycles. The van der Waals surface area contributed by atoms with E-state index in [2.05, 4.69) is 23.1 Å². The summed E-state index contributed by atoms with van der Waals surface area (Å²) >= 11 is 0. The Bertz CT molecular complexity index is 372. The van der Waals surface area contributed by atoms with Crippen LogP contribution in [0, 0.1) is 0 Å². The van der Waals surface area contributed by atoms with Crippen LogP contribution in [0.4, 0.5) is 0 Å². The Morgan fingerprint density at radius 2 is 1.88 bits per heavy atom. The summed E-state index contributed by atoms with van der Waals surface area (Å²) in [7, 11) is 0. The molecule has 0 aromatic heterocycles. The van der Waals surface area contributed by atoms with E-state index in [1.807, 2.05) is 0 Å². The summed E-state index contributed by atoms with van der Waals surface area (Å²) in [6.07, 6.45) is 1.36. The number of carbonyl (C=O) groups excluding carboxylic acids is 3. The van der Waals surface area contributed by atoms with Crippen molar-refractivity contribution in [2.75, 3.05) is 0 Å². The first-order chi connectivity index (χ1) is 7.56. The third-order valence-electron chi connectivity index (χ3n) is 1.49. The van der Waals surface area contributed by atoms with Crippen molar-refractivity contribution in [1.29, 1.82) is 0 Å². The summed E-state index contributed by atoms with van der Waals surface area (Å²) < 4.78 is 4.83. The number of rotatable bonds is 6. The van der Waals surface area contributed by atoms with Gasteiger partial charge in [0.2, 0.25) is 18.3 Å². The number of hydrogen-bond donors (Lipinski definition) is 0. The maximum absolute atomic E-state index is 11.2. The molecule has 0 saturated carbocycles. The zero-order valence-electron chi connectivity index (χ0n) is 8.67. The molecule has 6 heteroatoms.